The molecule has 0 saturated carbocycles. The molecule has 0 N–H and O–H groups in total. The molecule has 7 heteroatoms. The minimum atomic E-state index is -3.52. The second kappa shape index (κ2) is 8.13. The molecule has 0 radical (unpaired) electrons. The zero-order valence-corrected chi connectivity index (χ0v) is 19.7. The van der Waals surface area contributed by atoms with E-state index in [-0.39, 0.29) is 0 Å². The first-order chi connectivity index (χ1) is 14.7. The largest absolute Gasteiger partial charge is 0.366 e. The lowest BCUT2D eigenvalue weighted by atomic mass is 10.1. The number of nitrogens with zero attached hydrogens (tertiary/aromatic N) is 4. The molecule has 1 fully saturated rings. The highest BCUT2D eigenvalue weighted by molar-refractivity contribution is 7.89. The van der Waals surface area contributed by atoms with Crippen LogP contribution in [0.15, 0.2) is 47.4 Å². The summed E-state index contributed by atoms with van der Waals surface area (Å²) in [4.78, 5) is 2.72. The molecule has 0 unspecified atom stereocenters. The Bertz CT molecular complexity index is 1180. The van der Waals surface area contributed by atoms with E-state index in [0.29, 0.717) is 31.1 Å². The van der Waals surface area contributed by atoms with Gasteiger partial charge in [-0.2, -0.15) is 9.40 Å². The zero-order chi connectivity index (χ0) is 22.3. The van der Waals surface area contributed by atoms with Crippen LogP contribution in [0.1, 0.15) is 28.1 Å². The maximum Gasteiger partial charge on any atom is 0.243 e. The quantitative estimate of drug-likeness (QED) is 0.619. The summed E-state index contributed by atoms with van der Waals surface area (Å²) in [5, 5.41) is 4.75. The number of aromatic nitrogens is 2. The Hall–Kier alpha value is -2.64. The van der Waals surface area contributed by atoms with E-state index in [2.05, 4.69) is 11.8 Å². The summed E-state index contributed by atoms with van der Waals surface area (Å²) in [5.41, 5.74) is 6.88. The summed E-state index contributed by atoms with van der Waals surface area (Å²) in [6.45, 7) is 12.1. The first-order valence-corrected chi connectivity index (χ1v) is 12.1. The SMILES string of the molecule is Cc1cc(C)c(S(=O)(=O)N2CCN(c3c(C)nn(-c4ccccc4)c3C)CC2)c(C)c1. The fourth-order valence-electron chi connectivity index (χ4n) is 4.77. The number of rotatable bonds is 4. The van der Waals surface area contributed by atoms with Gasteiger partial charge in [0, 0.05) is 26.2 Å². The maximum atomic E-state index is 13.4. The molecule has 1 aliphatic rings. The van der Waals surface area contributed by atoms with Crippen LogP contribution in [0.4, 0.5) is 5.69 Å². The van der Waals surface area contributed by atoms with Crippen molar-refractivity contribution >= 4 is 15.7 Å². The Morgan fingerprint density at radius 3 is 2.00 bits per heavy atom. The van der Waals surface area contributed by atoms with E-state index in [0.717, 1.165) is 39.5 Å². The Morgan fingerprint density at radius 2 is 1.42 bits per heavy atom. The topological polar surface area (TPSA) is 58.4 Å². The van der Waals surface area contributed by atoms with Gasteiger partial charge in [-0.1, -0.05) is 35.9 Å². The molecule has 4 rings (SSSR count). The maximum absolute atomic E-state index is 13.4. The number of benzene rings is 2. The third-order valence-corrected chi connectivity index (χ3v) is 8.22. The summed E-state index contributed by atoms with van der Waals surface area (Å²) in [7, 11) is -3.52. The molecule has 1 saturated heterocycles. The van der Waals surface area contributed by atoms with Crippen molar-refractivity contribution in [1.82, 2.24) is 14.1 Å². The molecule has 164 valence electrons. The number of aryl methyl sites for hydroxylation is 4. The molecule has 0 aliphatic carbocycles. The Labute approximate surface area is 185 Å². The predicted molar refractivity (Wildman–Crippen MR) is 125 cm³/mol. The number of anilines is 1. The molecule has 2 heterocycles. The van der Waals surface area contributed by atoms with Crippen LogP contribution >= 0.6 is 0 Å². The van der Waals surface area contributed by atoms with Gasteiger partial charge in [0.05, 0.1) is 27.7 Å². The van der Waals surface area contributed by atoms with Crippen LogP contribution in [-0.4, -0.2) is 48.7 Å². The lowest BCUT2D eigenvalue weighted by Gasteiger charge is -2.36. The second-order valence-electron chi connectivity index (χ2n) is 8.39. The van der Waals surface area contributed by atoms with Gasteiger partial charge in [-0.05, 0) is 57.9 Å². The molecule has 0 spiro atoms. The molecule has 0 amide bonds. The van der Waals surface area contributed by atoms with E-state index in [4.69, 9.17) is 5.10 Å². The van der Waals surface area contributed by atoms with Crippen molar-refractivity contribution in [2.75, 3.05) is 31.1 Å². The molecule has 6 nitrogen and oxygen atoms in total. The monoisotopic (exact) mass is 438 g/mol. The van der Waals surface area contributed by atoms with Crippen molar-refractivity contribution in [2.45, 2.75) is 39.5 Å². The lowest BCUT2D eigenvalue weighted by Crippen LogP contribution is -2.49. The first-order valence-electron chi connectivity index (χ1n) is 10.6. The van der Waals surface area contributed by atoms with Gasteiger partial charge in [0.1, 0.15) is 0 Å². The first kappa shape index (κ1) is 21.6. The van der Waals surface area contributed by atoms with Gasteiger partial charge in [0.15, 0.2) is 0 Å². The Kier molecular flexibility index (Phi) is 5.66. The van der Waals surface area contributed by atoms with E-state index in [1.165, 1.54) is 0 Å². The normalized spacial score (nSPS) is 15.5. The average Bonchev–Trinajstić information content (AvgIpc) is 3.02. The molecule has 2 aromatic carbocycles. The van der Waals surface area contributed by atoms with Crippen molar-refractivity contribution in [3.8, 4) is 5.69 Å². The summed E-state index contributed by atoms with van der Waals surface area (Å²) < 4.78 is 30.4. The standard InChI is InChI=1S/C24H30N4O2S/c1-17-15-18(2)24(19(3)16-17)31(29,30)27-13-11-26(12-14-27)23-20(4)25-28(21(23)5)22-9-7-6-8-10-22/h6-10,15-16H,11-14H2,1-5H3. The lowest BCUT2D eigenvalue weighted by molar-refractivity contribution is 0.384. The van der Waals surface area contributed by atoms with E-state index in [1.54, 1.807) is 4.31 Å². The zero-order valence-electron chi connectivity index (χ0n) is 18.9. The molecule has 3 aromatic rings. The number of para-hydroxylation sites is 1. The minimum Gasteiger partial charge on any atom is -0.366 e. The average molecular weight is 439 g/mol. The van der Waals surface area contributed by atoms with Crippen LogP contribution in [0.25, 0.3) is 5.69 Å². The number of piperazine rings is 1. The molecule has 1 aromatic heterocycles. The van der Waals surface area contributed by atoms with Gasteiger partial charge in [-0.3, -0.25) is 0 Å². The van der Waals surface area contributed by atoms with Crippen molar-refractivity contribution in [3.05, 3.63) is 70.5 Å². The summed E-state index contributed by atoms with van der Waals surface area (Å²) >= 11 is 0. The van der Waals surface area contributed by atoms with Crippen LogP contribution in [0, 0.1) is 34.6 Å². The van der Waals surface area contributed by atoms with Gasteiger partial charge in [0.2, 0.25) is 10.0 Å². The van der Waals surface area contributed by atoms with E-state index >= 15 is 0 Å². The van der Waals surface area contributed by atoms with Crippen molar-refractivity contribution in [3.63, 3.8) is 0 Å². The van der Waals surface area contributed by atoms with Crippen molar-refractivity contribution in [2.24, 2.45) is 0 Å². The summed E-state index contributed by atoms with van der Waals surface area (Å²) in [6.07, 6.45) is 0. The van der Waals surface area contributed by atoms with Gasteiger partial charge in [-0.25, -0.2) is 13.1 Å². The van der Waals surface area contributed by atoms with Crippen molar-refractivity contribution < 1.29 is 8.42 Å². The van der Waals surface area contributed by atoms with Crippen LogP contribution in [0.3, 0.4) is 0 Å². The van der Waals surface area contributed by atoms with E-state index in [9.17, 15) is 8.42 Å². The highest BCUT2D eigenvalue weighted by Gasteiger charge is 2.32. The van der Waals surface area contributed by atoms with Gasteiger partial charge in [-0.15, -0.1) is 0 Å². The van der Waals surface area contributed by atoms with Gasteiger partial charge >= 0.3 is 0 Å². The third-order valence-electron chi connectivity index (χ3n) is 6.01. The Balaban J connectivity index is 1.57. The third kappa shape index (κ3) is 3.88. The molecule has 0 atom stereocenters. The van der Waals surface area contributed by atoms with Crippen LogP contribution in [0.2, 0.25) is 0 Å². The van der Waals surface area contributed by atoms with E-state index in [1.807, 2.05) is 74.8 Å². The smallest absolute Gasteiger partial charge is 0.243 e. The van der Waals surface area contributed by atoms with E-state index < -0.39 is 10.0 Å². The molecule has 31 heavy (non-hydrogen) atoms. The summed E-state index contributed by atoms with van der Waals surface area (Å²) in [5.74, 6) is 0. The van der Waals surface area contributed by atoms with Gasteiger partial charge < -0.3 is 4.90 Å². The van der Waals surface area contributed by atoms with Crippen molar-refractivity contribution in [1.29, 1.82) is 0 Å². The minimum absolute atomic E-state index is 0.454. The highest BCUT2D eigenvalue weighted by atomic mass is 32.2. The fraction of sp³-hybridized carbons (Fsp3) is 0.375. The molecule has 1 aliphatic heterocycles. The molecular formula is C24H30N4O2S. The summed E-state index contributed by atoms with van der Waals surface area (Å²) in [6, 6.07) is 14.0. The number of hydrogen-bond donors (Lipinski definition) is 0. The fourth-order valence-corrected chi connectivity index (χ4v) is 6.60. The number of hydrogen-bond acceptors (Lipinski definition) is 4. The highest BCUT2D eigenvalue weighted by Crippen LogP contribution is 2.30. The predicted octanol–water partition coefficient (Wildman–Crippen LogP) is 3.93. The number of sulfonamides is 1. The Morgan fingerprint density at radius 1 is 0.839 bits per heavy atom. The van der Waals surface area contributed by atoms with Crippen LogP contribution in [-0.2, 0) is 10.0 Å². The van der Waals surface area contributed by atoms with Crippen LogP contribution in [0.5, 0.6) is 0 Å². The van der Waals surface area contributed by atoms with Gasteiger partial charge in [0.25, 0.3) is 0 Å². The van der Waals surface area contributed by atoms with Crippen LogP contribution < -0.4 is 4.90 Å². The molecular weight excluding hydrogens is 408 g/mol. The molecule has 0 bridgehead atoms. The second-order valence-corrected chi connectivity index (χ2v) is 10.3.